The van der Waals surface area contributed by atoms with Gasteiger partial charge in [-0.2, -0.15) is 0 Å². The number of benzene rings is 3. The second-order valence-electron chi connectivity index (χ2n) is 6.07. The van der Waals surface area contributed by atoms with Crippen molar-refractivity contribution in [3.05, 3.63) is 90.0 Å². The Bertz CT molecular complexity index is 1060. The number of ether oxygens (including phenoxy) is 1. The Morgan fingerprint density at radius 1 is 1.00 bits per heavy atom. The number of hydrogen-bond donors (Lipinski definition) is 0. The topological polar surface area (TPSA) is 42.4 Å². The molecule has 0 atom stereocenters. The molecule has 4 nitrogen and oxygen atoms in total. The van der Waals surface area contributed by atoms with Gasteiger partial charge in [-0.05, 0) is 29.8 Å². The third kappa shape index (κ3) is 3.68. The molecule has 0 saturated carbocycles. The Kier molecular flexibility index (Phi) is 4.85. The summed E-state index contributed by atoms with van der Waals surface area (Å²) >= 11 is 1.51. The van der Waals surface area contributed by atoms with E-state index in [4.69, 9.17) is 9.72 Å². The van der Waals surface area contributed by atoms with Crippen LogP contribution >= 0.6 is 11.3 Å². The number of thiazole rings is 1. The quantitative estimate of drug-likeness (QED) is 0.485. The summed E-state index contributed by atoms with van der Waals surface area (Å²) in [4.78, 5) is 19.7. The maximum Gasteiger partial charge on any atom is 0.260 e. The Morgan fingerprint density at radius 3 is 2.41 bits per heavy atom. The van der Waals surface area contributed by atoms with Crippen LogP contribution in [0, 0.1) is 0 Å². The molecule has 4 aromatic rings. The van der Waals surface area contributed by atoms with E-state index in [9.17, 15) is 4.79 Å². The molecule has 1 amide bonds. The zero-order chi connectivity index (χ0) is 18.6. The summed E-state index contributed by atoms with van der Waals surface area (Å²) < 4.78 is 6.31. The van der Waals surface area contributed by atoms with Gasteiger partial charge in [0.2, 0.25) is 0 Å². The predicted octanol–water partition coefficient (Wildman–Crippen LogP) is 5.15. The summed E-state index contributed by atoms with van der Waals surface area (Å²) in [6.07, 6.45) is 0. The van der Waals surface area contributed by atoms with Crippen LogP contribution in [0.15, 0.2) is 78.9 Å². The van der Waals surface area contributed by atoms with E-state index >= 15 is 0 Å². The van der Waals surface area contributed by atoms with Crippen molar-refractivity contribution in [1.82, 2.24) is 4.98 Å². The molecule has 0 aliphatic carbocycles. The molecular weight excluding hydrogens is 356 g/mol. The van der Waals surface area contributed by atoms with E-state index in [2.05, 4.69) is 0 Å². The lowest BCUT2D eigenvalue weighted by Gasteiger charge is -2.20. The fraction of sp³-hybridized carbons (Fsp3) is 0.0909. The number of rotatable bonds is 5. The molecule has 0 aliphatic heterocycles. The van der Waals surface area contributed by atoms with Gasteiger partial charge in [0.25, 0.3) is 5.91 Å². The fourth-order valence-electron chi connectivity index (χ4n) is 2.87. The summed E-state index contributed by atoms with van der Waals surface area (Å²) in [5.41, 5.74) is 2.53. The van der Waals surface area contributed by atoms with Crippen LogP contribution in [-0.2, 0) is 6.54 Å². The predicted molar refractivity (Wildman–Crippen MR) is 110 cm³/mol. The third-order valence-corrected chi connectivity index (χ3v) is 5.32. The Hall–Kier alpha value is -3.18. The number of carbonyl (C=O) groups is 1. The van der Waals surface area contributed by atoms with Crippen molar-refractivity contribution in [2.24, 2.45) is 0 Å². The van der Waals surface area contributed by atoms with Crippen LogP contribution in [0.4, 0.5) is 5.13 Å². The van der Waals surface area contributed by atoms with Gasteiger partial charge in [-0.3, -0.25) is 9.69 Å². The van der Waals surface area contributed by atoms with Crippen molar-refractivity contribution in [3.63, 3.8) is 0 Å². The van der Waals surface area contributed by atoms with Crippen LogP contribution in [0.5, 0.6) is 5.75 Å². The Labute approximate surface area is 161 Å². The number of methoxy groups -OCH3 is 1. The van der Waals surface area contributed by atoms with E-state index in [1.165, 1.54) is 11.3 Å². The van der Waals surface area contributed by atoms with Crippen molar-refractivity contribution in [2.75, 3.05) is 12.0 Å². The molecule has 0 saturated heterocycles. The van der Waals surface area contributed by atoms with E-state index < -0.39 is 0 Å². The van der Waals surface area contributed by atoms with Crippen molar-refractivity contribution in [2.45, 2.75) is 6.54 Å². The highest BCUT2D eigenvalue weighted by Gasteiger charge is 2.21. The number of nitrogens with zero attached hydrogens (tertiary/aromatic N) is 2. The zero-order valence-electron chi connectivity index (χ0n) is 14.8. The number of carbonyl (C=O) groups excluding carboxylic acids is 1. The lowest BCUT2D eigenvalue weighted by molar-refractivity contribution is 0.0985. The van der Waals surface area contributed by atoms with E-state index in [-0.39, 0.29) is 5.91 Å². The SMILES string of the molecule is COc1ccc2sc(N(Cc3ccccc3)C(=O)c3ccccc3)nc2c1. The summed E-state index contributed by atoms with van der Waals surface area (Å²) in [6, 6.07) is 25.0. The van der Waals surface area contributed by atoms with Gasteiger partial charge in [0.1, 0.15) is 5.75 Å². The van der Waals surface area contributed by atoms with Crippen LogP contribution in [-0.4, -0.2) is 18.0 Å². The smallest absolute Gasteiger partial charge is 0.260 e. The van der Waals surface area contributed by atoms with Crippen LogP contribution in [0.1, 0.15) is 15.9 Å². The van der Waals surface area contributed by atoms with Crippen LogP contribution in [0.3, 0.4) is 0 Å². The minimum absolute atomic E-state index is 0.0644. The molecule has 0 radical (unpaired) electrons. The lowest BCUT2D eigenvalue weighted by Crippen LogP contribution is -2.30. The minimum atomic E-state index is -0.0644. The van der Waals surface area contributed by atoms with E-state index in [1.54, 1.807) is 12.0 Å². The molecule has 0 aliphatic rings. The first-order valence-electron chi connectivity index (χ1n) is 8.60. The molecule has 0 bridgehead atoms. The molecule has 1 heterocycles. The summed E-state index contributed by atoms with van der Waals surface area (Å²) in [7, 11) is 1.63. The number of hydrogen-bond acceptors (Lipinski definition) is 4. The van der Waals surface area contributed by atoms with Gasteiger partial charge >= 0.3 is 0 Å². The fourth-order valence-corrected chi connectivity index (χ4v) is 3.81. The summed E-state index contributed by atoms with van der Waals surface area (Å²) in [5, 5.41) is 0.677. The van der Waals surface area contributed by atoms with Crippen LogP contribution in [0.25, 0.3) is 10.2 Å². The normalized spacial score (nSPS) is 10.7. The molecule has 0 fully saturated rings. The van der Waals surface area contributed by atoms with Crippen molar-refractivity contribution in [1.29, 1.82) is 0 Å². The standard InChI is InChI=1S/C22H18N2O2S/c1-26-18-12-13-20-19(14-18)23-22(27-20)24(15-16-8-4-2-5-9-16)21(25)17-10-6-3-7-11-17/h2-14H,15H2,1H3. The maximum atomic E-state index is 13.2. The number of anilines is 1. The van der Waals surface area contributed by atoms with Gasteiger partial charge in [-0.15, -0.1) is 0 Å². The van der Waals surface area contributed by atoms with E-state index in [1.807, 2.05) is 78.9 Å². The van der Waals surface area contributed by atoms with Crippen LogP contribution < -0.4 is 9.64 Å². The van der Waals surface area contributed by atoms with Crippen molar-refractivity contribution in [3.8, 4) is 5.75 Å². The molecule has 0 spiro atoms. The molecule has 0 N–H and O–H groups in total. The number of fused-ring (bicyclic) bond motifs is 1. The van der Waals surface area contributed by atoms with Gasteiger partial charge in [0.05, 0.1) is 23.9 Å². The molecule has 3 aromatic carbocycles. The molecule has 1 aromatic heterocycles. The van der Waals surface area contributed by atoms with Gasteiger partial charge in [0, 0.05) is 11.6 Å². The summed E-state index contributed by atoms with van der Waals surface area (Å²) in [5.74, 6) is 0.689. The lowest BCUT2D eigenvalue weighted by atomic mass is 10.1. The average molecular weight is 374 g/mol. The summed E-state index contributed by atoms with van der Waals surface area (Å²) in [6.45, 7) is 0.464. The second kappa shape index (κ2) is 7.60. The maximum absolute atomic E-state index is 13.2. The first-order chi connectivity index (χ1) is 13.2. The first-order valence-corrected chi connectivity index (χ1v) is 9.41. The molecule has 5 heteroatoms. The average Bonchev–Trinajstić information content (AvgIpc) is 3.15. The Morgan fingerprint density at radius 2 is 1.70 bits per heavy atom. The van der Waals surface area contributed by atoms with Crippen molar-refractivity contribution >= 4 is 32.6 Å². The number of amides is 1. The second-order valence-corrected chi connectivity index (χ2v) is 7.08. The van der Waals surface area contributed by atoms with Gasteiger partial charge in [-0.25, -0.2) is 4.98 Å². The largest absolute Gasteiger partial charge is 0.497 e. The van der Waals surface area contributed by atoms with Crippen LogP contribution in [0.2, 0.25) is 0 Å². The highest BCUT2D eigenvalue weighted by atomic mass is 32.1. The first kappa shape index (κ1) is 17.2. The highest BCUT2D eigenvalue weighted by Crippen LogP contribution is 2.32. The van der Waals surface area contributed by atoms with E-state index in [0.717, 1.165) is 21.5 Å². The highest BCUT2D eigenvalue weighted by molar-refractivity contribution is 7.22. The molecule has 0 unspecified atom stereocenters. The third-order valence-electron chi connectivity index (χ3n) is 4.26. The van der Waals surface area contributed by atoms with Gasteiger partial charge in [0.15, 0.2) is 5.13 Å². The number of aromatic nitrogens is 1. The Balaban J connectivity index is 1.76. The monoisotopic (exact) mass is 374 g/mol. The minimum Gasteiger partial charge on any atom is -0.497 e. The van der Waals surface area contributed by atoms with Gasteiger partial charge < -0.3 is 4.74 Å². The van der Waals surface area contributed by atoms with Crippen molar-refractivity contribution < 1.29 is 9.53 Å². The zero-order valence-corrected chi connectivity index (χ0v) is 15.6. The molecule has 27 heavy (non-hydrogen) atoms. The molecule has 134 valence electrons. The molecular formula is C22H18N2O2S. The van der Waals surface area contributed by atoms with E-state index in [0.29, 0.717) is 17.2 Å². The van der Waals surface area contributed by atoms with Gasteiger partial charge in [-0.1, -0.05) is 59.9 Å². The molecule has 4 rings (SSSR count).